The van der Waals surface area contributed by atoms with Gasteiger partial charge in [-0.25, -0.2) is 8.42 Å². The van der Waals surface area contributed by atoms with Crippen LogP contribution in [0.25, 0.3) is 0 Å². The third-order valence-corrected chi connectivity index (χ3v) is 7.91. The Morgan fingerprint density at radius 2 is 2.21 bits per heavy atom. The Bertz CT molecular complexity index is 953. The number of aromatic nitrogens is 2. The van der Waals surface area contributed by atoms with Crippen LogP contribution in [0, 0.1) is 5.92 Å². The lowest BCUT2D eigenvalue weighted by Gasteiger charge is -2.20. The fourth-order valence-electron chi connectivity index (χ4n) is 3.35. The Balaban J connectivity index is 1.79. The number of hydrogen-bond acceptors (Lipinski definition) is 7. The number of halogens is 1. The topological polar surface area (TPSA) is 124 Å². The Labute approximate surface area is 172 Å². The van der Waals surface area contributed by atoms with Crippen molar-refractivity contribution in [2.24, 2.45) is 11.7 Å². The summed E-state index contributed by atoms with van der Waals surface area (Å²) in [5.41, 5.74) is 5.08. The van der Waals surface area contributed by atoms with E-state index in [2.05, 4.69) is 17.0 Å². The van der Waals surface area contributed by atoms with Gasteiger partial charge in [-0.15, -0.1) is 0 Å². The Morgan fingerprint density at radius 1 is 1.48 bits per heavy atom. The molecular weight excluding hydrogens is 419 g/mol. The number of rotatable bonds is 9. The van der Waals surface area contributed by atoms with Crippen molar-refractivity contribution in [1.29, 1.82) is 0 Å². The van der Waals surface area contributed by atoms with Gasteiger partial charge in [-0.05, 0) is 43.4 Å². The number of thioether (sulfide) groups is 1. The van der Waals surface area contributed by atoms with Crippen LogP contribution < -0.4 is 11.1 Å². The number of hydrogen-bond donors (Lipinski definition) is 2. The van der Waals surface area contributed by atoms with Crippen LogP contribution in [-0.4, -0.2) is 35.1 Å². The zero-order valence-corrected chi connectivity index (χ0v) is 17.3. The van der Waals surface area contributed by atoms with Crippen molar-refractivity contribution in [2.45, 2.75) is 54.7 Å². The lowest BCUT2D eigenvalue weighted by Crippen LogP contribution is -2.32. The quantitative estimate of drug-likeness (QED) is 0.600. The van der Waals surface area contributed by atoms with E-state index in [9.17, 15) is 22.4 Å². The summed E-state index contributed by atoms with van der Waals surface area (Å²) in [5.74, 6) is -0.376. The molecule has 0 aliphatic heterocycles. The average Bonchev–Trinajstić information content (AvgIpc) is 3.27. The van der Waals surface area contributed by atoms with Crippen LogP contribution in [0.1, 0.15) is 44.6 Å². The first kappa shape index (κ1) is 21.6. The summed E-state index contributed by atoms with van der Waals surface area (Å²) < 4.78 is 39.5. The van der Waals surface area contributed by atoms with E-state index in [1.807, 2.05) is 0 Å². The Morgan fingerprint density at radius 3 is 2.79 bits per heavy atom. The molecule has 2 atom stereocenters. The van der Waals surface area contributed by atoms with Crippen molar-refractivity contribution in [1.82, 2.24) is 15.1 Å². The fraction of sp³-hybridized carbons (Fsp3) is 0.500. The van der Waals surface area contributed by atoms with Crippen LogP contribution in [0.3, 0.4) is 0 Å². The summed E-state index contributed by atoms with van der Waals surface area (Å²) in [4.78, 5) is 24.5. The lowest BCUT2D eigenvalue weighted by molar-refractivity contribution is -0.124. The molecule has 0 spiro atoms. The molecule has 1 amide bonds. The van der Waals surface area contributed by atoms with Crippen molar-refractivity contribution in [3.05, 3.63) is 35.4 Å². The molecule has 2 aliphatic rings. The molecule has 2 fully saturated rings. The molecule has 8 nitrogen and oxygen atoms in total. The first-order chi connectivity index (χ1) is 13.7. The number of carbonyl (C=O) groups is 2. The molecule has 0 aromatic carbocycles. The van der Waals surface area contributed by atoms with Crippen LogP contribution >= 0.6 is 11.8 Å². The molecule has 1 heterocycles. The molecule has 3 N–H and O–H groups in total. The number of amides is 1. The van der Waals surface area contributed by atoms with Crippen molar-refractivity contribution in [3.8, 4) is 0 Å². The zero-order chi connectivity index (χ0) is 21.2. The second-order valence-corrected chi connectivity index (χ2v) is 10.6. The molecule has 0 unspecified atom stereocenters. The zero-order valence-electron chi connectivity index (χ0n) is 15.7. The number of Topliss-reactive ketones (excluding diaryl/α,β-unsaturated/α-hetero) is 1. The Kier molecular flexibility index (Phi) is 6.47. The highest BCUT2D eigenvalue weighted by molar-refractivity contribution is 8.06. The van der Waals surface area contributed by atoms with Gasteiger partial charge in [0.2, 0.25) is 5.91 Å². The summed E-state index contributed by atoms with van der Waals surface area (Å²) in [6, 6.07) is -0.851. The van der Waals surface area contributed by atoms with E-state index in [-0.39, 0.29) is 26.9 Å². The lowest BCUT2D eigenvalue weighted by atomic mass is 9.98. The van der Waals surface area contributed by atoms with E-state index >= 15 is 0 Å². The minimum absolute atomic E-state index is 0.00692. The number of nitrogens with one attached hydrogen (secondary N) is 1. The van der Waals surface area contributed by atoms with E-state index in [1.165, 1.54) is 17.1 Å². The molecule has 0 saturated heterocycles. The highest BCUT2D eigenvalue weighted by atomic mass is 32.2. The van der Waals surface area contributed by atoms with Crippen LogP contribution in [0.15, 0.2) is 40.3 Å². The largest absolute Gasteiger partial charge is 0.402 e. The molecule has 3 rings (SSSR count). The molecule has 11 heteroatoms. The van der Waals surface area contributed by atoms with Gasteiger partial charge in [0.1, 0.15) is 16.7 Å². The van der Waals surface area contributed by atoms with Crippen LogP contribution in [0.4, 0.5) is 4.39 Å². The van der Waals surface area contributed by atoms with E-state index in [0.717, 1.165) is 6.20 Å². The third kappa shape index (κ3) is 5.27. The van der Waals surface area contributed by atoms with E-state index in [4.69, 9.17) is 5.73 Å². The molecule has 2 aliphatic carbocycles. The van der Waals surface area contributed by atoms with Crippen LogP contribution in [0.5, 0.6) is 0 Å². The molecule has 0 radical (unpaired) electrons. The first-order valence-electron chi connectivity index (χ1n) is 9.25. The molecule has 2 saturated carbocycles. The van der Waals surface area contributed by atoms with E-state index < -0.39 is 26.9 Å². The minimum Gasteiger partial charge on any atom is -0.402 e. The van der Waals surface area contributed by atoms with Gasteiger partial charge in [0.25, 0.3) is 0 Å². The summed E-state index contributed by atoms with van der Waals surface area (Å²) in [6.45, 7) is 3.59. The van der Waals surface area contributed by atoms with E-state index in [0.29, 0.717) is 50.3 Å². The predicted molar refractivity (Wildman–Crippen MR) is 107 cm³/mol. The second-order valence-electron chi connectivity index (χ2n) is 7.28. The SMILES string of the molecule is C=C(NC(=O)[C@H](C[C@H]1CCC(=O)C1)n1cc(S(=O)(=O)C2CC2)cn1)S/C(F)=C\N. The van der Waals surface area contributed by atoms with Gasteiger partial charge >= 0.3 is 0 Å². The third-order valence-electron chi connectivity index (χ3n) is 5.01. The smallest absolute Gasteiger partial charge is 0.249 e. The summed E-state index contributed by atoms with van der Waals surface area (Å²) in [6.07, 6.45) is 6.42. The number of carbonyl (C=O) groups excluding carboxylic acids is 2. The van der Waals surface area contributed by atoms with Gasteiger partial charge in [-0.2, -0.15) is 9.49 Å². The standard InChI is InChI=1S/C18H23FN4O4S2/c1-11(28-17(19)8-20)22-18(25)16(7-12-2-3-13(24)6-12)23-10-15(9-21-23)29(26,27)14-4-5-14/h8-10,12,14,16H,1-7,20H2,(H,22,25)/b17-8-/t12-,16-/m0/s1. The van der Waals surface area contributed by atoms with Gasteiger partial charge < -0.3 is 11.1 Å². The summed E-state index contributed by atoms with van der Waals surface area (Å²) in [7, 11) is -3.44. The molecule has 1 aromatic heterocycles. The molecule has 0 bridgehead atoms. The first-order valence-corrected chi connectivity index (χ1v) is 11.6. The second kappa shape index (κ2) is 8.70. The molecule has 1 aromatic rings. The maximum absolute atomic E-state index is 13.3. The van der Waals surface area contributed by atoms with Crippen molar-refractivity contribution < 1.29 is 22.4 Å². The van der Waals surface area contributed by atoms with Gasteiger partial charge in [0.05, 0.1) is 16.5 Å². The van der Waals surface area contributed by atoms with Gasteiger partial charge in [-0.3, -0.25) is 14.3 Å². The fourth-order valence-corrected chi connectivity index (χ4v) is 5.40. The number of sulfone groups is 1. The van der Waals surface area contributed by atoms with Crippen molar-refractivity contribution in [3.63, 3.8) is 0 Å². The molecule has 29 heavy (non-hydrogen) atoms. The maximum Gasteiger partial charge on any atom is 0.249 e. The summed E-state index contributed by atoms with van der Waals surface area (Å²) >= 11 is 0.569. The highest BCUT2D eigenvalue weighted by Gasteiger charge is 2.38. The van der Waals surface area contributed by atoms with Crippen LogP contribution in [0.2, 0.25) is 0 Å². The molecular formula is C18H23FN4O4S2. The normalized spacial score (nSPS) is 21.2. The number of nitrogens with zero attached hydrogens (tertiary/aromatic N) is 2. The van der Waals surface area contributed by atoms with Crippen molar-refractivity contribution in [2.75, 3.05) is 0 Å². The van der Waals surface area contributed by atoms with Crippen molar-refractivity contribution >= 4 is 33.3 Å². The van der Waals surface area contributed by atoms with E-state index in [1.54, 1.807) is 0 Å². The van der Waals surface area contributed by atoms with Gasteiger partial charge in [0, 0.05) is 25.2 Å². The van der Waals surface area contributed by atoms with Crippen LogP contribution in [-0.2, 0) is 19.4 Å². The predicted octanol–water partition coefficient (Wildman–Crippen LogP) is 2.17. The summed E-state index contributed by atoms with van der Waals surface area (Å²) in [5, 5.41) is 5.56. The number of ketones is 1. The molecule has 158 valence electrons. The highest BCUT2D eigenvalue weighted by Crippen LogP contribution is 2.35. The monoisotopic (exact) mass is 442 g/mol. The van der Waals surface area contributed by atoms with Gasteiger partial charge in [-0.1, -0.05) is 6.58 Å². The van der Waals surface area contributed by atoms with Gasteiger partial charge in [0.15, 0.2) is 15.0 Å². The average molecular weight is 443 g/mol. The number of nitrogens with two attached hydrogens (primary N) is 1. The maximum atomic E-state index is 13.3. The Hall–Kier alpha value is -2.14. The minimum atomic E-state index is -3.44.